The Balaban J connectivity index is 1.13. The van der Waals surface area contributed by atoms with Crippen molar-refractivity contribution in [2.75, 3.05) is 49.2 Å². The minimum absolute atomic E-state index is 0.0542. The molecular formula is C52H58N4O8. The fraction of sp³-hybridized carbons (Fsp3) is 0.308. The van der Waals surface area contributed by atoms with Crippen LogP contribution < -0.4 is 9.80 Å². The van der Waals surface area contributed by atoms with E-state index in [-0.39, 0.29) is 35.7 Å². The van der Waals surface area contributed by atoms with Gasteiger partial charge in [-0.25, -0.2) is 9.59 Å². The van der Waals surface area contributed by atoms with Crippen molar-refractivity contribution < 1.29 is 28.9 Å². The highest BCUT2D eigenvalue weighted by Crippen LogP contribution is 2.22. The second-order valence-corrected chi connectivity index (χ2v) is 15.5. The van der Waals surface area contributed by atoms with Crippen molar-refractivity contribution in [2.24, 2.45) is 0 Å². The molecule has 0 atom stereocenters. The molecule has 334 valence electrons. The molecule has 0 amide bonds. The summed E-state index contributed by atoms with van der Waals surface area (Å²) in [6.07, 6.45) is 16.5. The molecule has 5 aromatic carbocycles. The Morgan fingerprint density at radius 1 is 0.484 bits per heavy atom. The van der Waals surface area contributed by atoms with Gasteiger partial charge >= 0.3 is 11.9 Å². The van der Waals surface area contributed by atoms with E-state index in [2.05, 4.69) is 23.6 Å². The number of benzene rings is 5. The quantitative estimate of drug-likeness (QED) is 0.0173. The Labute approximate surface area is 376 Å². The number of carbonyl (C=O) groups is 2. The third-order valence-corrected chi connectivity index (χ3v) is 10.7. The van der Waals surface area contributed by atoms with Crippen LogP contribution in [-0.4, -0.2) is 61.2 Å². The lowest BCUT2D eigenvalue weighted by molar-refractivity contribution is -0.385. The van der Waals surface area contributed by atoms with Gasteiger partial charge in [0, 0.05) is 48.7 Å². The van der Waals surface area contributed by atoms with E-state index in [0.717, 1.165) is 98.1 Å². The van der Waals surface area contributed by atoms with Crippen molar-refractivity contribution in [2.45, 2.75) is 65.2 Å². The minimum Gasteiger partial charge on any atom is -0.460 e. The van der Waals surface area contributed by atoms with Gasteiger partial charge in [-0.1, -0.05) is 107 Å². The molecule has 0 N–H and O–H groups in total. The van der Waals surface area contributed by atoms with Gasteiger partial charge in [0.05, 0.1) is 34.1 Å². The highest BCUT2D eigenvalue weighted by atomic mass is 16.6. The monoisotopic (exact) mass is 866 g/mol. The van der Waals surface area contributed by atoms with E-state index in [0.29, 0.717) is 13.1 Å². The van der Waals surface area contributed by atoms with Gasteiger partial charge in [-0.05, 0) is 102 Å². The summed E-state index contributed by atoms with van der Waals surface area (Å²) in [4.78, 5) is 52.0. The number of esters is 2. The van der Waals surface area contributed by atoms with Crippen LogP contribution in [0.1, 0.15) is 108 Å². The van der Waals surface area contributed by atoms with Gasteiger partial charge in [0.15, 0.2) is 0 Å². The number of carbonyl (C=O) groups excluding carboxylic acids is 2. The van der Waals surface area contributed by atoms with Crippen molar-refractivity contribution in [3.63, 3.8) is 0 Å². The Morgan fingerprint density at radius 3 is 1.16 bits per heavy atom. The standard InChI is InChI=1S/C52H58N4O8/c1-3-5-7-9-34-53(47-26-18-41(19-27-47)14-16-43-22-30-49(31-23-43)55(59)60)36-38-63-51(57)45-12-11-13-46(40-45)52(58)64-39-37-54(35-10-8-6-4-2)48-28-20-42(21-29-48)15-17-44-24-32-50(33-25-44)56(61)62/h11-33,40H,3-10,34-39H2,1-2H3/b16-14+,17-15+. The molecule has 5 rings (SSSR count). The maximum Gasteiger partial charge on any atom is 0.338 e. The molecule has 64 heavy (non-hydrogen) atoms. The first-order valence-corrected chi connectivity index (χ1v) is 22.1. The number of hydrogen-bond donors (Lipinski definition) is 0. The van der Waals surface area contributed by atoms with Crippen LogP contribution in [0.5, 0.6) is 0 Å². The van der Waals surface area contributed by atoms with E-state index in [4.69, 9.17) is 9.47 Å². The van der Waals surface area contributed by atoms with Gasteiger partial charge in [0.2, 0.25) is 0 Å². The molecule has 12 heteroatoms. The van der Waals surface area contributed by atoms with Crippen LogP contribution in [0.15, 0.2) is 121 Å². The van der Waals surface area contributed by atoms with Crippen LogP contribution in [0.3, 0.4) is 0 Å². The molecule has 0 aliphatic heterocycles. The summed E-state index contributed by atoms with van der Waals surface area (Å²) < 4.78 is 11.5. The minimum atomic E-state index is -0.517. The molecule has 0 saturated carbocycles. The van der Waals surface area contributed by atoms with E-state index in [1.807, 2.05) is 72.8 Å². The molecule has 12 nitrogen and oxygen atoms in total. The predicted molar refractivity (Wildman–Crippen MR) is 257 cm³/mol. The van der Waals surface area contributed by atoms with Gasteiger partial charge in [0.25, 0.3) is 11.4 Å². The molecule has 0 bridgehead atoms. The SMILES string of the molecule is CCCCCCN(CCOC(=O)c1cccc(C(=O)OCCN(CCCCCC)c2ccc(/C=C/c3ccc([N+](=O)[O-])cc3)cc2)c1)c1ccc(/C=C/c2ccc([N+](=O)[O-])cc2)cc1. The number of unbranched alkanes of at least 4 members (excludes halogenated alkanes) is 6. The molecule has 0 aromatic heterocycles. The summed E-state index contributed by atoms with van der Waals surface area (Å²) in [6.45, 7) is 7.28. The number of nitro benzene ring substituents is 2. The van der Waals surface area contributed by atoms with E-state index < -0.39 is 21.8 Å². The van der Waals surface area contributed by atoms with Crippen LogP contribution in [0.4, 0.5) is 22.7 Å². The van der Waals surface area contributed by atoms with Crippen molar-refractivity contribution in [3.8, 4) is 0 Å². The number of ether oxygens (including phenoxy) is 2. The Hall–Kier alpha value is -7.08. The first-order valence-electron chi connectivity index (χ1n) is 22.1. The van der Waals surface area contributed by atoms with Gasteiger partial charge < -0.3 is 19.3 Å². The largest absolute Gasteiger partial charge is 0.460 e. The molecule has 0 heterocycles. The number of hydrogen-bond acceptors (Lipinski definition) is 10. The third kappa shape index (κ3) is 15.7. The zero-order valence-corrected chi connectivity index (χ0v) is 36.8. The van der Waals surface area contributed by atoms with Crippen LogP contribution >= 0.6 is 0 Å². The molecular weight excluding hydrogens is 809 g/mol. The summed E-state index contributed by atoms with van der Waals surface area (Å²) in [5.74, 6) is -1.03. The van der Waals surface area contributed by atoms with Crippen molar-refractivity contribution >= 4 is 59.0 Å². The summed E-state index contributed by atoms with van der Waals surface area (Å²) >= 11 is 0. The van der Waals surface area contributed by atoms with E-state index in [1.54, 1.807) is 42.5 Å². The molecule has 5 aromatic rings. The highest BCUT2D eigenvalue weighted by molar-refractivity contribution is 5.95. The normalized spacial score (nSPS) is 11.2. The van der Waals surface area contributed by atoms with Crippen LogP contribution in [0.2, 0.25) is 0 Å². The molecule has 0 spiro atoms. The fourth-order valence-electron chi connectivity index (χ4n) is 7.03. The van der Waals surface area contributed by atoms with Crippen molar-refractivity contribution in [1.82, 2.24) is 0 Å². The van der Waals surface area contributed by atoms with Gasteiger partial charge in [-0.2, -0.15) is 0 Å². The lowest BCUT2D eigenvalue weighted by Crippen LogP contribution is -2.29. The van der Waals surface area contributed by atoms with E-state index in [1.165, 1.54) is 30.3 Å². The average molecular weight is 867 g/mol. The van der Waals surface area contributed by atoms with Gasteiger partial charge in [-0.3, -0.25) is 20.2 Å². The maximum atomic E-state index is 13.2. The zero-order chi connectivity index (χ0) is 45.5. The summed E-state index contributed by atoms with van der Waals surface area (Å²) in [5.41, 5.74) is 6.36. The summed E-state index contributed by atoms with van der Waals surface area (Å²) in [6, 6.07) is 35.5. The average Bonchev–Trinajstić information content (AvgIpc) is 3.32. The molecule has 0 unspecified atom stereocenters. The van der Waals surface area contributed by atoms with E-state index in [9.17, 15) is 29.8 Å². The first-order chi connectivity index (χ1) is 31.1. The fourth-order valence-corrected chi connectivity index (χ4v) is 7.03. The van der Waals surface area contributed by atoms with Crippen molar-refractivity contribution in [3.05, 3.63) is 175 Å². The van der Waals surface area contributed by atoms with Crippen LogP contribution in [-0.2, 0) is 9.47 Å². The Morgan fingerprint density at radius 2 is 0.828 bits per heavy atom. The second kappa shape index (κ2) is 25.8. The smallest absolute Gasteiger partial charge is 0.338 e. The number of anilines is 2. The molecule has 0 radical (unpaired) electrons. The topological polar surface area (TPSA) is 145 Å². The molecule has 0 aliphatic carbocycles. The highest BCUT2D eigenvalue weighted by Gasteiger charge is 2.16. The second-order valence-electron chi connectivity index (χ2n) is 15.5. The van der Waals surface area contributed by atoms with Gasteiger partial charge in [-0.15, -0.1) is 0 Å². The molecule has 0 fully saturated rings. The first kappa shape index (κ1) is 48.0. The third-order valence-electron chi connectivity index (χ3n) is 10.7. The lowest BCUT2D eigenvalue weighted by atomic mass is 10.1. The van der Waals surface area contributed by atoms with Gasteiger partial charge in [0.1, 0.15) is 13.2 Å². The molecule has 0 aliphatic rings. The number of non-ortho nitro benzene ring substituents is 2. The number of nitrogens with zero attached hydrogens (tertiary/aromatic N) is 4. The molecule has 0 saturated heterocycles. The van der Waals surface area contributed by atoms with Crippen LogP contribution in [0, 0.1) is 20.2 Å². The predicted octanol–water partition coefficient (Wildman–Crippen LogP) is 12.3. The number of nitro groups is 2. The van der Waals surface area contributed by atoms with Crippen molar-refractivity contribution in [1.29, 1.82) is 0 Å². The lowest BCUT2D eigenvalue weighted by Gasteiger charge is -2.25. The Kier molecular flexibility index (Phi) is 19.3. The maximum absolute atomic E-state index is 13.2. The Bertz CT molecular complexity index is 2150. The number of rotatable bonds is 26. The zero-order valence-electron chi connectivity index (χ0n) is 36.8. The van der Waals surface area contributed by atoms with Crippen LogP contribution in [0.25, 0.3) is 24.3 Å². The van der Waals surface area contributed by atoms with E-state index >= 15 is 0 Å². The summed E-state index contributed by atoms with van der Waals surface area (Å²) in [5, 5.41) is 21.9. The summed E-state index contributed by atoms with van der Waals surface area (Å²) in [7, 11) is 0.